The number of nitrogens with one attached hydrogen (secondary N) is 1. The molecule has 4 aromatic rings. The molecule has 0 amide bonds. The Morgan fingerprint density at radius 2 is 1.64 bits per heavy atom. The Bertz CT molecular complexity index is 1390. The van der Waals surface area contributed by atoms with Crippen LogP contribution in [0.15, 0.2) is 77.7 Å². The first-order valence-corrected chi connectivity index (χ1v) is 12.8. The van der Waals surface area contributed by atoms with Crippen LogP contribution in [0.5, 0.6) is 5.75 Å². The summed E-state index contributed by atoms with van der Waals surface area (Å²) in [6.45, 7) is 0.0682. The highest BCUT2D eigenvalue weighted by Gasteiger charge is 2.18. The molecule has 170 valence electrons. The van der Waals surface area contributed by atoms with E-state index < -0.39 is 15.8 Å². The minimum absolute atomic E-state index is 0.00296. The molecule has 0 bridgehead atoms. The molecule has 9 heteroatoms. The van der Waals surface area contributed by atoms with Gasteiger partial charge in [0.1, 0.15) is 11.6 Å². The molecule has 4 rings (SSSR count). The zero-order chi connectivity index (χ0) is 23.6. The van der Waals surface area contributed by atoms with Crippen molar-refractivity contribution in [2.45, 2.75) is 11.4 Å². The first kappa shape index (κ1) is 23.7. The highest BCUT2D eigenvalue weighted by molar-refractivity contribution is 7.89. The molecule has 0 fully saturated rings. The van der Waals surface area contributed by atoms with Gasteiger partial charge >= 0.3 is 0 Å². The van der Waals surface area contributed by atoms with Crippen LogP contribution < -0.4 is 9.46 Å². The lowest BCUT2D eigenvalue weighted by molar-refractivity contribution is 0.415. The second-order valence-electron chi connectivity index (χ2n) is 7.09. The van der Waals surface area contributed by atoms with Crippen molar-refractivity contribution in [1.82, 2.24) is 4.72 Å². The fourth-order valence-electron chi connectivity index (χ4n) is 3.26. The van der Waals surface area contributed by atoms with E-state index in [0.29, 0.717) is 10.0 Å². The molecule has 0 spiro atoms. The number of sulfonamides is 1. The van der Waals surface area contributed by atoms with Gasteiger partial charge in [-0.2, -0.15) is 0 Å². The van der Waals surface area contributed by atoms with Crippen LogP contribution in [0.25, 0.3) is 21.6 Å². The Morgan fingerprint density at radius 1 is 0.939 bits per heavy atom. The van der Waals surface area contributed by atoms with E-state index in [1.807, 2.05) is 36.4 Å². The molecule has 33 heavy (non-hydrogen) atoms. The van der Waals surface area contributed by atoms with Crippen molar-refractivity contribution in [3.05, 3.63) is 93.5 Å². The third-order valence-electron chi connectivity index (χ3n) is 4.92. The summed E-state index contributed by atoms with van der Waals surface area (Å²) in [5.74, 6) is 0.231. The van der Waals surface area contributed by atoms with Gasteiger partial charge in [0.25, 0.3) is 0 Å². The van der Waals surface area contributed by atoms with Crippen molar-refractivity contribution < 1.29 is 17.5 Å². The van der Waals surface area contributed by atoms with E-state index in [9.17, 15) is 12.8 Å². The maximum Gasteiger partial charge on any atom is 0.240 e. The van der Waals surface area contributed by atoms with E-state index in [1.165, 1.54) is 23.5 Å². The molecule has 0 aliphatic heterocycles. The molecule has 1 heterocycles. The second-order valence-corrected chi connectivity index (χ2v) is 10.8. The average Bonchev–Trinajstić information content (AvgIpc) is 3.22. The van der Waals surface area contributed by atoms with Gasteiger partial charge < -0.3 is 4.74 Å². The lowest BCUT2D eigenvalue weighted by Crippen LogP contribution is -2.22. The van der Waals surface area contributed by atoms with Crippen LogP contribution in [0, 0.1) is 5.82 Å². The molecule has 0 saturated carbocycles. The molecule has 0 saturated heterocycles. The number of methoxy groups -OCH3 is 1. The number of hydrogen-bond donors (Lipinski definition) is 1. The fourth-order valence-corrected chi connectivity index (χ4v) is 5.98. The van der Waals surface area contributed by atoms with Gasteiger partial charge in [0.2, 0.25) is 10.0 Å². The Kier molecular flexibility index (Phi) is 7.07. The molecule has 1 aromatic heterocycles. The van der Waals surface area contributed by atoms with E-state index in [0.717, 1.165) is 44.3 Å². The van der Waals surface area contributed by atoms with Crippen LogP contribution in [0.4, 0.5) is 4.39 Å². The highest BCUT2D eigenvalue weighted by Crippen LogP contribution is 2.43. The SMILES string of the molecule is COc1ccc(-c2sc(CNS(=O)(=O)c3ccc(F)cc3)cc2-c2ccc(Cl)cc2Cl)cc1. The van der Waals surface area contributed by atoms with Crippen LogP contribution in [0.3, 0.4) is 0 Å². The monoisotopic (exact) mass is 521 g/mol. The Balaban J connectivity index is 1.70. The average molecular weight is 522 g/mol. The van der Waals surface area contributed by atoms with E-state index >= 15 is 0 Å². The van der Waals surface area contributed by atoms with Crippen LogP contribution in [-0.4, -0.2) is 15.5 Å². The van der Waals surface area contributed by atoms with Crippen LogP contribution in [-0.2, 0) is 16.6 Å². The molecule has 0 unspecified atom stereocenters. The Hall–Kier alpha value is -2.42. The van der Waals surface area contributed by atoms with Crippen molar-refractivity contribution in [1.29, 1.82) is 0 Å². The number of thiophene rings is 1. The Morgan fingerprint density at radius 3 is 2.27 bits per heavy atom. The molecular weight excluding hydrogens is 504 g/mol. The third kappa shape index (κ3) is 5.39. The minimum atomic E-state index is -3.80. The van der Waals surface area contributed by atoms with Crippen LogP contribution in [0.1, 0.15) is 4.88 Å². The van der Waals surface area contributed by atoms with Gasteiger partial charge in [0.15, 0.2) is 0 Å². The number of benzene rings is 3. The van der Waals surface area contributed by atoms with Gasteiger partial charge in [0.05, 0.1) is 12.0 Å². The molecule has 3 aromatic carbocycles. The molecule has 0 aliphatic carbocycles. The summed E-state index contributed by atoms with van der Waals surface area (Å²) in [6, 6.07) is 19.5. The zero-order valence-corrected chi connectivity index (χ0v) is 20.5. The lowest BCUT2D eigenvalue weighted by Gasteiger charge is -2.08. The number of ether oxygens (including phenoxy) is 1. The Labute approximate surface area is 205 Å². The molecule has 4 nitrogen and oxygen atoms in total. The second kappa shape index (κ2) is 9.83. The van der Waals surface area contributed by atoms with Gasteiger partial charge in [-0.05, 0) is 72.3 Å². The van der Waals surface area contributed by atoms with Gasteiger partial charge in [-0.3, -0.25) is 0 Å². The van der Waals surface area contributed by atoms with E-state index in [4.69, 9.17) is 27.9 Å². The summed E-state index contributed by atoms with van der Waals surface area (Å²) in [5.41, 5.74) is 2.59. The fraction of sp³-hybridized carbons (Fsp3) is 0.0833. The van der Waals surface area contributed by atoms with Crippen molar-refractivity contribution in [2.24, 2.45) is 0 Å². The summed E-state index contributed by atoms with van der Waals surface area (Å²) in [7, 11) is -2.20. The van der Waals surface area contributed by atoms with Gasteiger partial charge in [-0.1, -0.05) is 29.3 Å². The first-order chi connectivity index (χ1) is 15.8. The van der Waals surface area contributed by atoms with Gasteiger partial charge in [-0.15, -0.1) is 11.3 Å². The maximum atomic E-state index is 13.2. The molecule has 0 radical (unpaired) electrons. The number of rotatable bonds is 7. The van der Waals surface area contributed by atoms with Gasteiger partial charge in [-0.25, -0.2) is 17.5 Å². The van der Waals surface area contributed by atoms with Crippen molar-refractivity contribution >= 4 is 44.6 Å². The highest BCUT2D eigenvalue weighted by atomic mass is 35.5. The molecule has 0 aliphatic rings. The van der Waals surface area contributed by atoms with Gasteiger partial charge in [0, 0.05) is 37.5 Å². The number of hydrogen-bond acceptors (Lipinski definition) is 4. The summed E-state index contributed by atoms with van der Waals surface area (Å²) in [4.78, 5) is 1.71. The van der Waals surface area contributed by atoms with Crippen LogP contribution >= 0.6 is 34.5 Å². The number of halogens is 3. The largest absolute Gasteiger partial charge is 0.497 e. The molecule has 0 atom stereocenters. The maximum absolute atomic E-state index is 13.2. The van der Waals surface area contributed by atoms with Crippen molar-refractivity contribution in [3.8, 4) is 27.3 Å². The standard InChI is InChI=1S/C24H18Cl2FNO3S2/c1-31-18-7-2-15(3-8-18)24-22(21-11-4-16(25)12-23(21)26)13-19(32-24)14-28-33(29,30)20-9-5-17(27)6-10-20/h2-13,28H,14H2,1H3. The topological polar surface area (TPSA) is 55.4 Å². The van der Waals surface area contributed by atoms with Crippen molar-refractivity contribution in [3.63, 3.8) is 0 Å². The molecular formula is C24H18Cl2FNO3S2. The van der Waals surface area contributed by atoms with E-state index in [-0.39, 0.29) is 11.4 Å². The predicted octanol–water partition coefficient (Wildman–Crippen LogP) is 7.02. The predicted molar refractivity (Wildman–Crippen MR) is 132 cm³/mol. The first-order valence-electron chi connectivity index (χ1n) is 9.74. The van der Waals surface area contributed by atoms with Crippen LogP contribution in [0.2, 0.25) is 10.0 Å². The summed E-state index contributed by atoms with van der Waals surface area (Å²) < 4.78 is 46.3. The minimum Gasteiger partial charge on any atom is -0.497 e. The molecule has 1 N–H and O–H groups in total. The normalized spacial score (nSPS) is 11.5. The van der Waals surface area contributed by atoms with Crippen molar-refractivity contribution in [2.75, 3.05) is 7.11 Å². The summed E-state index contributed by atoms with van der Waals surface area (Å²) in [6.07, 6.45) is 0. The zero-order valence-electron chi connectivity index (χ0n) is 17.3. The summed E-state index contributed by atoms with van der Waals surface area (Å²) >= 11 is 14.0. The van der Waals surface area contributed by atoms with E-state index in [1.54, 1.807) is 19.2 Å². The summed E-state index contributed by atoms with van der Waals surface area (Å²) in [5, 5.41) is 1.02. The third-order valence-corrected chi connectivity index (χ3v) is 8.07. The smallest absolute Gasteiger partial charge is 0.240 e. The van der Waals surface area contributed by atoms with E-state index in [2.05, 4.69) is 4.72 Å². The quantitative estimate of drug-likeness (QED) is 0.284. The lowest BCUT2D eigenvalue weighted by atomic mass is 10.0.